The number of aromatic nitrogens is 5. The monoisotopic (exact) mass is 1050 g/mol. The number of ether oxygens (including phenoxy) is 8. The molecule has 0 spiro atoms. The molecule has 3 aromatic rings. The van der Waals surface area contributed by atoms with E-state index < -0.39 is 0 Å². The van der Waals surface area contributed by atoms with Gasteiger partial charge in [-0.1, -0.05) is 49.9 Å². The van der Waals surface area contributed by atoms with E-state index in [1.54, 1.807) is 38.7 Å². The van der Waals surface area contributed by atoms with Crippen LogP contribution >= 0.6 is 0 Å². The van der Waals surface area contributed by atoms with E-state index in [1.165, 1.54) is 0 Å². The first kappa shape index (κ1) is 53.3. The van der Waals surface area contributed by atoms with Crippen molar-refractivity contribution in [1.29, 1.82) is 0 Å². The number of fused-ring (bicyclic) bond motifs is 7. The molecular formula is C48H64LuN5O10. The van der Waals surface area contributed by atoms with Crippen molar-refractivity contribution in [1.82, 2.24) is 24.9 Å². The van der Waals surface area contributed by atoms with Gasteiger partial charge in [0.15, 0.2) is 11.5 Å². The number of aryl methyl sites for hydroxylation is 2. The van der Waals surface area contributed by atoms with Crippen molar-refractivity contribution in [3.8, 4) is 11.5 Å². The van der Waals surface area contributed by atoms with Crippen molar-refractivity contribution in [2.24, 2.45) is 0 Å². The number of nitrogens with zero attached hydrogens (tertiary/aromatic N) is 5. The number of rotatable bonds is 28. The van der Waals surface area contributed by atoms with E-state index in [1.807, 2.05) is 26.0 Å². The minimum Gasteiger partial charge on any atom is -0.854 e. The number of methoxy groups -OCH3 is 2. The molecule has 0 N–H and O–H groups in total. The molecule has 356 valence electrons. The van der Waals surface area contributed by atoms with Gasteiger partial charge in [-0.05, 0) is 61.8 Å². The fraction of sp³-hybridized carbons (Fsp3) is 0.542. The van der Waals surface area contributed by atoms with Gasteiger partial charge < -0.3 is 53.1 Å². The van der Waals surface area contributed by atoms with E-state index >= 15 is 0 Å². The first-order chi connectivity index (χ1) is 30.9. The van der Waals surface area contributed by atoms with E-state index in [4.69, 9.17) is 62.8 Å². The smallest absolute Gasteiger partial charge is 0.854 e. The molecule has 0 atom stereocenters. The predicted molar refractivity (Wildman–Crippen MR) is 240 cm³/mol. The van der Waals surface area contributed by atoms with Crippen molar-refractivity contribution in [2.75, 3.05) is 107 Å². The summed E-state index contributed by atoms with van der Waals surface area (Å²) in [7, 11) is 3.27. The maximum atomic E-state index is 11.8. The molecule has 0 fully saturated rings. The maximum Gasteiger partial charge on any atom is 3.00 e. The Labute approximate surface area is 406 Å². The van der Waals surface area contributed by atoms with E-state index in [-0.39, 0.29) is 63.3 Å². The molecule has 0 saturated carbocycles. The van der Waals surface area contributed by atoms with Gasteiger partial charge in [0.1, 0.15) is 13.2 Å². The average Bonchev–Trinajstić information content (AvgIpc) is 3.89. The third-order valence-electron chi connectivity index (χ3n) is 10.7. The summed E-state index contributed by atoms with van der Waals surface area (Å²) in [5.41, 5.74) is 11.8. The number of allylic oxidation sites excluding steroid dienone is 4. The Morgan fingerprint density at radius 1 is 0.516 bits per heavy atom. The van der Waals surface area contributed by atoms with E-state index in [0.29, 0.717) is 126 Å². The third kappa shape index (κ3) is 15.4. The van der Waals surface area contributed by atoms with Crippen LogP contribution in [0, 0.1) is 36.9 Å². The minimum atomic E-state index is -0.189. The van der Waals surface area contributed by atoms with Crippen LogP contribution in [0.25, 0.3) is 44.4 Å². The standard InChI is InChI=1S/C48H64N5O10.Lu/c1-7-35-36(8-2)40-28-42-38(12-10-14-55)34(4)46(53-42)32-50-44-30-48(63-26-24-61-22-20-59-18-16-57-6)47(62-25-23-60-21-19-58-17-15-56-5)29-43(44)49-31-45-33(3)37(11-9-13-54)41(52-45)27-39(35)51-40;/h27-32H,7-26H2,1-6H3;/q-3;+3. The zero-order valence-corrected chi connectivity index (χ0v) is 39.8. The van der Waals surface area contributed by atoms with Crippen LogP contribution < -0.4 is 24.7 Å². The van der Waals surface area contributed by atoms with Gasteiger partial charge in [0.2, 0.25) is 0 Å². The first-order valence-corrected chi connectivity index (χ1v) is 22.0. The Balaban J connectivity index is 0.00000898. The van der Waals surface area contributed by atoms with Gasteiger partial charge in [0.25, 0.3) is 0 Å². The summed E-state index contributed by atoms with van der Waals surface area (Å²) in [5.74, 6) is 0.895. The van der Waals surface area contributed by atoms with Crippen LogP contribution in [-0.2, 0) is 41.3 Å². The molecule has 2 aliphatic heterocycles. The largest absolute Gasteiger partial charge is 3.00 e. The van der Waals surface area contributed by atoms with E-state index in [2.05, 4.69) is 13.8 Å². The van der Waals surface area contributed by atoms with Crippen LogP contribution in [0.2, 0.25) is 0 Å². The van der Waals surface area contributed by atoms with Gasteiger partial charge in [-0.15, -0.1) is 24.2 Å². The molecule has 0 radical (unpaired) electrons. The summed E-state index contributed by atoms with van der Waals surface area (Å²) < 4.78 is 45.2. The van der Waals surface area contributed by atoms with Crippen LogP contribution in [0.3, 0.4) is 0 Å². The zero-order chi connectivity index (χ0) is 44.8. The number of hydrogen-bond acceptors (Lipinski definition) is 14. The van der Waals surface area contributed by atoms with Crippen LogP contribution in [-0.4, -0.2) is 127 Å². The van der Waals surface area contributed by atoms with Crippen LogP contribution in [0.4, 0.5) is 0 Å². The zero-order valence-electron chi connectivity index (χ0n) is 38.2. The molecule has 2 aromatic heterocycles. The second kappa shape index (κ2) is 29.3. The van der Waals surface area contributed by atoms with Gasteiger partial charge in [-0.2, -0.15) is 0 Å². The average molecular weight is 1050 g/mol. The van der Waals surface area contributed by atoms with E-state index in [0.717, 1.165) is 68.7 Å². The SMILES string of the molecule is CCc1c(CC)c2cc3nc(cnc4cc(OCCOCCOCCOC)c(OCCOCCOCCOC)cc4ncc4nc(cc1[n-]2)C(CCC[O-])=C4C)C(C)=C3CCC[O-].[Lu+3]. The number of hydrogen-bond donors (Lipinski definition) is 0. The van der Waals surface area contributed by atoms with Gasteiger partial charge in [0.05, 0.1) is 112 Å². The quantitative estimate of drug-likeness (QED) is 0.0847. The normalized spacial score (nSPS) is 12.5. The summed E-state index contributed by atoms with van der Waals surface area (Å²) in [6.45, 7) is 12.8. The molecule has 2 aliphatic rings. The van der Waals surface area contributed by atoms with Gasteiger partial charge in [-0.25, -0.2) is 9.97 Å². The molecule has 0 aliphatic carbocycles. The Bertz CT molecular complexity index is 2050. The second-order valence-electron chi connectivity index (χ2n) is 14.9. The minimum absolute atomic E-state index is 0. The molecule has 4 heterocycles. The molecule has 0 saturated heterocycles. The first-order valence-electron chi connectivity index (χ1n) is 22.0. The second-order valence-corrected chi connectivity index (χ2v) is 14.9. The van der Waals surface area contributed by atoms with Gasteiger partial charge >= 0.3 is 36.9 Å². The Morgan fingerprint density at radius 2 is 0.891 bits per heavy atom. The maximum absolute atomic E-state index is 11.8. The Kier molecular flexibility index (Phi) is 24.4. The Hall–Kier alpha value is -3.35. The van der Waals surface area contributed by atoms with Crippen molar-refractivity contribution in [3.05, 3.63) is 70.6 Å². The van der Waals surface area contributed by atoms with Crippen molar-refractivity contribution < 1.29 is 85.0 Å². The molecule has 15 nitrogen and oxygen atoms in total. The van der Waals surface area contributed by atoms with Crippen LogP contribution in [0.1, 0.15) is 87.3 Å². The van der Waals surface area contributed by atoms with E-state index in [9.17, 15) is 10.2 Å². The molecule has 5 rings (SSSR count). The third-order valence-corrected chi connectivity index (χ3v) is 10.7. The summed E-state index contributed by atoms with van der Waals surface area (Å²) >= 11 is 0. The van der Waals surface area contributed by atoms with Crippen molar-refractivity contribution in [3.63, 3.8) is 0 Å². The molecule has 64 heavy (non-hydrogen) atoms. The van der Waals surface area contributed by atoms with Gasteiger partial charge in [0, 0.05) is 26.4 Å². The van der Waals surface area contributed by atoms with Crippen LogP contribution in [0.5, 0.6) is 11.5 Å². The molecule has 16 heteroatoms. The van der Waals surface area contributed by atoms with Crippen LogP contribution in [0.15, 0.2) is 36.7 Å². The number of benzene rings is 1. The summed E-state index contributed by atoms with van der Waals surface area (Å²) in [4.78, 5) is 25.3. The summed E-state index contributed by atoms with van der Waals surface area (Å²) in [6, 6.07) is 7.69. The van der Waals surface area contributed by atoms with Gasteiger partial charge in [-0.3, -0.25) is 9.97 Å². The van der Waals surface area contributed by atoms with Crippen molar-refractivity contribution >= 4 is 44.4 Å². The summed E-state index contributed by atoms with van der Waals surface area (Å²) in [6.07, 6.45) is 7.17. The molecule has 1 aromatic carbocycles. The molecule has 6 bridgehead atoms. The topological polar surface area (TPSA) is 186 Å². The summed E-state index contributed by atoms with van der Waals surface area (Å²) in [5, 5.41) is 23.5. The fourth-order valence-electron chi connectivity index (χ4n) is 7.32. The van der Waals surface area contributed by atoms with Crippen molar-refractivity contribution in [2.45, 2.75) is 66.2 Å². The molecule has 0 unspecified atom stereocenters. The Morgan fingerprint density at radius 3 is 1.25 bits per heavy atom. The molecule has 0 amide bonds. The predicted octanol–water partition coefficient (Wildman–Crippen LogP) is 5.35. The molecular weight excluding hydrogens is 982 g/mol. The fourth-order valence-corrected chi connectivity index (χ4v) is 7.32.